The molecule has 0 bridgehead atoms. The number of aryl methyl sites for hydroxylation is 1. The molecule has 0 aromatic heterocycles. The van der Waals surface area contributed by atoms with E-state index in [1.807, 2.05) is 51.9 Å². The van der Waals surface area contributed by atoms with Crippen LogP contribution in [0.15, 0.2) is 18.2 Å². The number of carbonyl (C=O) groups excluding carboxylic acids is 1. The van der Waals surface area contributed by atoms with Gasteiger partial charge in [0, 0.05) is 38.6 Å². The highest BCUT2D eigenvalue weighted by molar-refractivity contribution is 5.90. The summed E-state index contributed by atoms with van der Waals surface area (Å²) in [6.07, 6.45) is 0. The molecule has 0 aliphatic heterocycles. The van der Waals surface area contributed by atoms with Crippen molar-refractivity contribution in [3.8, 4) is 0 Å². The van der Waals surface area contributed by atoms with Gasteiger partial charge in [-0.1, -0.05) is 0 Å². The molecule has 1 rings (SSSR count). The van der Waals surface area contributed by atoms with Crippen LogP contribution in [0.4, 0.5) is 16.2 Å². The lowest BCUT2D eigenvalue weighted by molar-refractivity contribution is 0.217. The summed E-state index contributed by atoms with van der Waals surface area (Å²) in [6.45, 7) is 7.40. The molecule has 100 valence electrons. The average Bonchev–Trinajstić information content (AvgIpc) is 2.33. The van der Waals surface area contributed by atoms with Gasteiger partial charge in [-0.2, -0.15) is 0 Å². The second kappa shape index (κ2) is 6.28. The summed E-state index contributed by atoms with van der Waals surface area (Å²) in [4.78, 5) is 15.8. The van der Waals surface area contributed by atoms with Crippen LogP contribution >= 0.6 is 0 Å². The zero-order valence-corrected chi connectivity index (χ0v) is 11.9. The molecule has 2 amide bonds. The fraction of sp³-hybridized carbons (Fsp3) is 0.500. The van der Waals surface area contributed by atoms with Gasteiger partial charge < -0.3 is 15.1 Å². The van der Waals surface area contributed by atoms with E-state index in [4.69, 9.17) is 0 Å². The van der Waals surface area contributed by atoms with Crippen molar-refractivity contribution in [3.63, 3.8) is 0 Å². The van der Waals surface area contributed by atoms with E-state index in [1.165, 1.54) is 0 Å². The zero-order valence-electron chi connectivity index (χ0n) is 11.9. The van der Waals surface area contributed by atoms with Crippen molar-refractivity contribution >= 4 is 17.4 Å². The van der Waals surface area contributed by atoms with E-state index in [2.05, 4.69) is 11.4 Å². The summed E-state index contributed by atoms with van der Waals surface area (Å²) in [7, 11) is 4.01. The lowest BCUT2D eigenvalue weighted by Gasteiger charge is -2.21. The van der Waals surface area contributed by atoms with Gasteiger partial charge in [0.25, 0.3) is 0 Å². The first kappa shape index (κ1) is 14.4. The third-order valence-corrected chi connectivity index (χ3v) is 3.02. The highest BCUT2D eigenvalue weighted by Crippen LogP contribution is 2.21. The summed E-state index contributed by atoms with van der Waals surface area (Å²) in [5.41, 5.74) is 3.08. The topological polar surface area (TPSA) is 35.6 Å². The number of nitrogens with zero attached hydrogens (tertiary/aromatic N) is 2. The van der Waals surface area contributed by atoms with Gasteiger partial charge in [0.05, 0.1) is 0 Å². The molecule has 1 aromatic carbocycles. The SMILES string of the molecule is CCN(CC)C(=O)Nc1ccc(N(C)C)cc1C. The van der Waals surface area contributed by atoms with Crippen LogP contribution < -0.4 is 10.2 Å². The standard InChI is InChI=1S/C14H23N3O/c1-6-17(7-2)14(18)15-13-9-8-12(16(4)5)10-11(13)3/h8-10H,6-7H2,1-5H3,(H,15,18). The van der Waals surface area contributed by atoms with Gasteiger partial charge in [0.2, 0.25) is 0 Å². The van der Waals surface area contributed by atoms with Gasteiger partial charge in [0.15, 0.2) is 0 Å². The van der Waals surface area contributed by atoms with Crippen molar-refractivity contribution in [2.24, 2.45) is 0 Å². The molecule has 1 aromatic rings. The molecule has 0 aliphatic rings. The number of anilines is 2. The van der Waals surface area contributed by atoms with Crippen molar-refractivity contribution in [1.29, 1.82) is 0 Å². The van der Waals surface area contributed by atoms with Crippen molar-refractivity contribution in [1.82, 2.24) is 4.90 Å². The third-order valence-electron chi connectivity index (χ3n) is 3.02. The van der Waals surface area contributed by atoms with Crippen LogP contribution in [0.5, 0.6) is 0 Å². The lowest BCUT2D eigenvalue weighted by atomic mass is 10.1. The molecule has 0 atom stereocenters. The Bertz CT molecular complexity index is 412. The van der Waals surface area contributed by atoms with Crippen LogP contribution in [0.2, 0.25) is 0 Å². The van der Waals surface area contributed by atoms with Crippen molar-refractivity contribution in [2.75, 3.05) is 37.4 Å². The minimum Gasteiger partial charge on any atom is -0.378 e. The van der Waals surface area contributed by atoms with Crippen molar-refractivity contribution < 1.29 is 4.79 Å². The summed E-state index contributed by atoms with van der Waals surface area (Å²) < 4.78 is 0. The smallest absolute Gasteiger partial charge is 0.321 e. The number of amides is 2. The van der Waals surface area contributed by atoms with E-state index >= 15 is 0 Å². The van der Waals surface area contributed by atoms with E-state index in [0.29, 0.717) is 0 Å². The molecule has 4 nitrogen and oxygen atoms in total. The molecule has 18 heavy (non-hydrogen) atoms. The second-order valence-corrected chi connectivity index (χ2v) is 4.50. The Morgan fingerprint density at radius 1 is 1.22 bits per heavy atom. The Kier molecular flexibility index (Phi) is 5.01. The minimum atomic E-state index is -0.0410. The van der Waals surface area contributed by atoms with Crippen LogP contribution in [0.1, 0.15) is 19.4 Å². The molecule has 4 heteroatoms. The first-order chi connectivity index (χ1) is 8.49. The normalized spacial score (nSPS) is 10.1. The number of hydrogen-bond acceptors (Lipinski definition) is 2. The number of carbonyl (C=O) groups is 1. The van der Waals surface area contributed by atoms with Gasteiger partial charge in [-0.15, -0.1) is 0 Å². The van der Waals surface area contributed by atoms with Gasteiger partial charge in [-0.25, -0.2) is 4.79 Å². The maximum atomic E-state index is 12.0. The van der Waals surface area contributed by atoms with E-state index < -0.39 is 0 Å². The summed E-state index contributed by atoms with van der Waals surface area (Å²) >= 11 is 0. The Morgan fingerprint density at radius 2 is 1.83 bits per heavy atom. The van der Waals surface area contributed by atoms with Gasteiger partial charge >= 0.3 is 6.03 Å². The minimum absolute atomic E-state index is 0.0410. The van der Waals surface area contributed by atoms with E-state index in [0.717, 1.165) is 30.0 Å². The zero-order chi connectivity index (χ0) is 13.7. The maximum absolute atomic E-state index is 12.0. The fourth-order valence-electron chi connectivity index (χ4n) is 1.77. The molecule has 0 radical (unpaired) electrons. The highest BCUT2D eigenvalue weighted by atomic mass is 16.2. The van der Waals surface area contributed by atoms with Crippen LogP contribution in [0.25, 0.3) is 0 Å². The third kappa shape index (κ3) is 3.39. The summed E-state index contributed by atoms with van der Waals surface area (Å²) in [6, 6.07) is 5.98. The molecule has 0 fully saturated rings. The summed E-state index contributed by atoms with van der Waals surface area (Å²) in [5, 5.41) is 2.95. The molecule has 1 N–H and O–H groups in total. The highest BCUT2D eigenvalue weighted by Gasteiger charge is 2.10. The van der Waals surface area contributed by atoms with E-state index in [9.17, 15) is 4.79 Å². The fourth-order valence-corrected chi connectivity index (χ4v) is 1.77. The molecule has 0 heterocycles. The Labute approximate surface area is 110 Å². The van der Waals surface area contributed by atoms with Crippen LogP contribution in [0.3, 0.4) is 0 Å². The number of hydrogen-bond donors (Lipinski definition) is 1. The van der Waals surface area contributed by atoms with Gasteiger partial charge in [-0.05, 0) is 44.5 Å². The molecule has 0 saturated carbocycles. The monoisotopic (exact) mass is 249 g/mol. The first-order valence-electron chi connectivity index (χ1n) is 6.33. The molecule has 0 saturated heterocycles. The number of benzene rings is 1. The largest absolute Gasteiger partial charge is 0.378 e. The predicted octanol–water partition coefficient (Wildman–Crippen LogP) is 2.93. The van der Waals surface area contributed by atoms with E-state index in [-0.39, 0.29) is 6.03 Å². The quantitative estimate of drug-likeness (QED) is 0.890. The Balaban J connectivity index is 2.82. The van der Waals surface area contributed by atoms with Crippen molar-refractivity contribution in [2.45, 2.75) is 20.8 Å². The Hall–Kier alpha value is -1.71. The first-order valence-corrected chi connectivity index (χ1v) is 6.33. The van der Waals surface area contributed by atoms with Crippen LogP contribution in [-0.4, -0.2) is 38.1 Å². The maximum Gasteiger partial charge on any atom is 0.321 e. The lowest BCUT2D eigenvalue weighted by Crippen LogP contribution is -2.34. The van der Waals surface area contributed by atoms with Crippen LogP contribution in [-0.2, 0) is 0 Å². The number of nitrogens with one attached hydrogen (secondary N) is 1. The Morgan fingerprint density at radius 3 is 2.28 bits per heavy atom. The van der Waals surface area contributed by atoms with E-state index in [1.54, 1.807) is 4.90 Å². The molecular weight excluding hydrogens is 226 g/mol. The number of urea groups is 1. The molecule has 0 aliphatic carbocycles. The van der Waals surface area contributed by atoms with Crippen molar-refractivity contribution in [3.05, 3.63) is 23.8 Å². The van der Waals surface area contributed by atoms with Gasteiger partial charge in [0.1, 0.15) is 0 Å². The van der Waals surface area contributed by atoms with Crippen LogP contribution in [0, 0.1) is 6.92 Å². The molecular formula is C14H23N3O. The predicted molar refractivity (Wildman–Crippen MR) is 77.4 cm³/mol. The van der Waals surface area contributed by atoms with Gasteiger partial charge in [-0.3, -0.25) is 0 Å². The average molecular weight is 249 g/mol. The summed E-state index contributed by atoms with van der Waals surface area (Å²) in [5.74, 6) is 0. The molecule has 0 unspecified atom stereocenters. The second-order valence-electron chi connectivity index (χ2n) is 4.50. The number of rotatable bonds is 4. The molecule has 0 spiro atoms.